The second-order valence-corrected chi connectivity index (χ2v) is 9.76. The molecule has 1 N–H and O–H groups in total. The molecule has 0 saturated heterocycles. The van der Waals surface area contributed by atoms with Crippen LogP contribution in [0.3, 0.4) is 0 Å². The van der Waals surface area contributed by atoms with Gasteiger partial charge in [0, 0.05) is 18.3 Å². The van der Waals surface area contributed by atoms with Crippen molar-refractivity contribution in [2.24, 2.45) is 0 Å². The molecule has 0 bridgehead atoms. The zero-order valence-corrected chi connectivity index (χ0v) is 22.7. The number of carbonyl (C=O) groups excluding carboxylic acids is 1. The molecule has 2 aromatic heterocycles. The molecule has 8 nitrogen and oxygen atoms in total. The molecule has 0 radical (unpaired) electrons. The predicted molar refractivity (Wildman–Crippen MR) is 153 cm³/mol. The van der Waals surface area contributed by atoms with E-state index in [1.54, 1.807) is 14.2 Å². The topological polar surface area (TPSA) is 73.5 Å². The molecular formula is C32H31N5O3. The number of ether oxygens (including phenoxy) is 2. The van der Waals surface area contributed by atoms with Gasteiger partial charge in [0.15, 0.2) is 0 Å². The highest BCUT2D eigenvalue weighted by Crippen LogP contribution is 2.39. The Kier molecular flexibility index (Phi) is 6.74. The molecular weight excluding hydrogens is 502 g/mol. The number of nitrogens with one attached hydrogen (secondary N) is 1. The Balaban J connectivity index is 1.47. The molecule has 0 aliphatic carbocycles. The second kappa shape index (κ2) is 10.6. The first-order valence-corrected chi connectivity index (χ1v) is 13.2. The molecule has 0 spiro atoms. The van der Waals surface area contributed by atoms with Crippen LogP contribution in [-0.2, 0) is 13.1 Å². The summed E-state index contributed by atoms with van der Waals surface area (Å²) in [4.78, 5) is 15.9. The lowest BCUT2D eigenvalue weighted by Gasteiger charge is -2.31. The normalized spacial score (nSPS) is 14.2. The molecule has 0 fully saturated rings. The third kappa shape index (κ3) is 4.58. The number of urea groups is 1. The average Bonchev–Trinajstić information content (AvgIpc) is 3.56. The molecule has 2 amide bonds. The van der Waals surface area contributed by atoms with Crippen LogP contribution in [0.1, 0.15) is 34.1 Å². The zero-order chi connectivity index (χ0) is 27.6. The monoisotopic (exact) mass is 533 g/mol. The van der Waals surface area contributed by atoms with E-state index >= 15 is 0 Å². The van der Waals surface area contributed by atoms with Crippen molar-refractivity contribution in [3.63, 3.8) is 0 Å². The van der Waals surface area contributed by atoms with E-state index in [1.165, 1.54) is 0 Å². The molecule has 8 heteroatoms. The maximum atomic E-state index is 14.1. The Morgan fingerprint density at radius 3 is 2.45 bits per heavy atom. The largest absolute Gasteiger partial charge is 0.497 e. The molecule has 5 aromatic rings. The van der Waals surface area contributed by atoms with Gasteiger partial charge in [-0.3, -0.25) is 0 Å². The van der Waals surface area contributed by atoms with Crippen molar-refractivity contribution in [2.45, 2.75) is 26.1 Å². The number of hydrogen-bond acceptors (Lipinski definition) is 4. The van der Waals surface area contributed by atoms with Gasteiger partial charge in [-0.15, -0.1) is 0 Å². The SMILES string of the molecule is COc1cccc(CNC(=O)N2Cc3c(C)nn(-c4ccccc4)c3-n3cccc3C2c2cccc(OC)c2)c1. The summed E-state index contributed by atoms with van der Waals surface area (Å²) < 4.78 is 15.0. The van der Waals surface area contributed by atoms with Crippen LogP contribution in [0.5, 0.6) is 11.5 Å². The van der Waals surface area contributed by atoms with Gasteiger partial charge in [-0.25, -0.2) is 9.48 Å². The van der Waals surface area contributed by atoms with E-state index in [4.69, 9.17) is 14.6 Å². The predicted octanol–water partition coefficient (Wildman–Crippen LogP) is 5.80. The molecule has 6 rings (SSSR count). The van der Waals surface area contributed by atoms with Gasteiger partial charge in [0.2, 0.25) is 0 Å². The number of nitrogens with zero attached hydrogens (tertiary/aromatic N) is 4. The van der Waals surface area contributed by atoms with Gasteiger partial charge >= 0.3 is 6.03 Å². The van der Waals surface area contributed by atoms with Gasteiger partial charge in [0.1, 0.15) is 17.3 Å². The van der Waals surface area contributed by atoms with Crippen LogP contribution in [0.15, 0.2) is 97.2 Å². The fourth-order valence-electron chi connectivity index (χ4n) is 5.37. The van der Waals surface area contributed by atoms with Crippen LogP contribution >= 0.6 is 0 Å². The minimum Gasteiger partial charge on any atom is -0.497 e. The number of amides is 2. The van der Waals surface area contributed by atoms with Crippen molar-refractivity contribution in [3.8, 4) is 23.0 Å². The Labute approximate surface area is 233 Å². The van der Waals surface area contributed by atoms with Crippen molar-refractivity contribution in [3.05, 3.63) is 125 Å². The van der Waals surface area contributed by atoms with Crippen molar-refractivity contribution in [1.29, 1.82) is 0 Å². The summed E-state index contributed by atoms with van der Waals surface area (Å²) in [6.45, 7) is 2.74. The summed E-state index contributed by atoms with van der Waals surface area (Å²) in [5.41, 5.74) is 5.69. The maximum absolute atomic E-state index is 14.1. The third-order valence-electron chi connectivity index (χ3n) is 7.34. The maximum Gasteiger partial charge on any atom is 0.318 e. The Morgan fingerprint density at radius 1 is 0.925 bits per heavy atom. The van der Waals surface area contributed by atoms with Crippen LogP contribution in [0.2, 0.25) is 0 Å². The fourth-order valence-corrected chi connectivity index (χ4v) is 5.37. The Morgan fingerprint density at radius 2 is 1.68 bits per heavy atom. The summed E-state index contributed by atoms with van der Waals surface area (Å²) in [6, 6.07) is 29.2. The molecule has 1 atom stereocenters. The lowest BCUT2D eigenvalue weighted by Crippen LogP contribution is -2.41. The van der Waals surface area contributed by atoms with Crippen molar-refractivity contribution < 1.29 is 14.3 Å². The zero-order valence-electron chi connectivity index (χ0n) is 22.7. The highest BCUT2D eigenvalue weighted by Gasteiger charge is 2.36. The summed E-state index contributed by atoms with van der Waals surface area (Å²) in [6.07, 6.45) is 2.04. The number of rotatable bonds is 6. The Hall–Kier alpha value is -4.98. The third-order valence-corrected chi connectivity index (χ3v) is 7.34. The Bertz CT molecular complexity index is 1660. The van der Waals surface area contributed by atoms with Gasteiger partial charge in [0.05, 0.1) is 43.9 Å². The van der Waals surface area contributed by atoms with E-state index in [-0.39, 0.29) is 12.1 Å². The molecule has 1 unspecified atom stereocenters. The molecule has 40 heavy (non-hydrogen) atoms. The quantitative estimate of drug-likeness (QED) is 0.299. The number of methoxy groups -OCH3 is 2. The first-order valence-electron chi connectivity index (χ1n) is 13.2. The summed E-state index contributed by atoms with van der Waals surface area (Å²) in [5, 5.41) is 8.07. The van der Waals surface area contributed by atoms with E-state index in [9.17, 15) is 4.79 Å². The average molecular weight is 534 g/mol. The van der Waals surface area contributed by atoms with E-state index in [1.807, 2.05) is 108 Å². The number of benzene rings is 3. The van der Waals surface area contributed by atoms with Crippen molar-refractivity contribution in [1.82, 2.24) is 24.6 Å². The number of fused-ring (bicyclic) bond motifs is 3. The van der Waals surface area contributed by atoms with Crippen LogP contribution < -0.4 is 14.8 Å². The number of para-hydroxylation sites is 1. The highest BCUT2D eigenvalue weighted by atomic mass is 16.5. The number of aryl methyl sites for hydroxylation is 1. The molecule has 3 heterocycles. The van der Waals surface area contributed by atoms with Crippen molar-refractivity contribution >= 4 is 6.03 Å². The molecule has 1 aliphatic rings. The summed E-state index contributed by atoms with van der Waals surface area (Å²) >= 11 is 0. The number of hydrogen-bond donors (Lipinski definition) is 1. The minimum atomic E-state index is -0.369. The van der Waals surface area contributed by atoms with Crippen LogP contribution in [0, 0.1) is 6.92 Å². The van der Waals surface area contributed by atoms with E-state index < -0.39 is 0 Å². The smallest absolute Gasteiger partial charge is 0.318 e. The summed E-state index contributed by atoms with van der Waals surface area (Å²) in [7, 11) is 3.29. The second-order valence-electron chi connectivity index (χ2n) is 9.76. The van der Waals surface area contributed by atoms with Gasteiger partial charge in [0.25, 0.3) is 0 Å². The standard InChI is InChI=1S/C32H31N5O3/c1-22-28-21-36(32(38)33-20-23-10-7-14-26(18-23)39-2)30(24-11-8-15-27(19-24)40-3)29-16-9-17-35(29)31(28)37(34-22)25-12-5-4-6-13-25/h4-19,30H,20-21H2,1-3H3,(H,33,38). The van der Waals surface area contributed by atoms with Gasteiger partial charge in [-0.05, 0) is 66.6 Å². The molecule has 202 valence electrons. The van der Waals surface area contributed by atoms with Gasteiger partial charge < -0.3 is 24.3 Å². The molecule has 0 saturated carbocycles. The fraction of sp³-hybridized carbons (Fsp3) is 0.188. The highest BCUT2D eigenvalue weighted by molar-refractivity contribution is 5.76. The van der Waals surface area contributed by atoms with Crippen LogP contribution in [0.4, 0.5) is 4.79 Å². The lowest BCUT2D eigenvalue weighted by molar-refractivity contribution is 0.180. The molecule has 3 aromatic carbocycles. The number of carbonyl (C=O) groups is 1. The van der Waals surface area contributed by atoms with Gasteiger partial charge in [-0.1, -0.05) is 42.5 Å². The van der Waals surface area contributed by atoms with Crippen LogP contribution in [-0.4, -0.2) is 39.5 Å². The van der Waals surface area contributed by atoms with Gasteiger partial charge in [-0.2, -0.15) is 5.10 Å². The van der Waals surface area contributed by atoms with E-state index in [0.717, 1.165) is 51.1 Å². The van der Waals surface area contributed by atoms with Crippen molar-refractivity contribution in [2.75, 3.05) is 14.2 Å². The van der Waals surface area contributed by atoms with E-state index in [2.05, 4.69) is 16.0 Å². The minimum absolute atomic E-state index is 0.178. The first kappa shape index (κ1) is 25.3. The van der Waals surface area contributed by atoms with E-state index in [0.29, 0.717) is 13.1 Å². The lowest BCUT2D eigenvalue weighted by atomic mass is 10.0. The number of aromatic nitrogens is 3. The summed E-state index contributed by atoms with van der Waals surface area (Å²) in [5.74, 6) is 2.42. The molecule has 1 aliphatic heterocycles. The van der Waals surface area contributed by atoms with Crippen LogP contribution in [0.25, 0.3) is 11.5 Å². The first-order chi connectivity index (χ1) is 19.6.